The van der Waals surface area contributed by atoms with Gasteiger partial charge in [0.05, 0.1) is 6.61 Å². The minimum atomic E-state index is 0.191. The van der Waals surface area contributed by atoms with E-state index in [1.54, 1.807) is 0 Å². The molecule has 0 bridgehead atoms. The first-order chi connectivity index (χ1) is 9.95. The molecule has 0 unspecified atom stereocenters. The van der Waals surface area contributed by atoms with Crippen molar-refractivity contribution in [2.24, 2.45) is 17.8 Å². The summed E-state index contributed by atoms with van der Waals surface area (Å²) in [5.74, 6) is 2.63. The maximum atomic E-state index is 8.83. The summed E-state index contributed by atoms with van der Waals surface area (Å²) in [6, 6.07) is 0. The molecule has 1 heteroatoms. The Kier molecular flexibility index (Phi) is 13.2. The van der Waals surface area contributed by atoms with Crippen molar-refractivity contribution in [3.8, 4) is 0 Å². The molecule has 0 spiro atoms. The maximum Gasteiger partial charge on any atom is 0.0614 e. The van der Waals surface area contributed by atoms with Crippen LogP contribution in [0.2, 0.25) is 0 Å². The molecule has 0 fully saturated rings. The van der Waals surface area contributed by atoms with E-state index in [0.717, 1.165) is 24.2 Å². The highest BCUT2D eigenvalue weighted by Crippen LogP contribution is 2.21. The number of hydrogen-bond donors (Lipinski definition) is 1. The fourth-order valence-electron chi connectivity index (χ4n) is 2.97. The lowest BCUT2D eigenvalue weighted by molar-refractivity contribution is 0.341. The van der Waals surface area contributed by atoms with Gasteiger partial charge in [0, 0.05) is 0 Å². The van der Waals surface area contributed by atoms with Crippen molar-refractivity contribution >= 4 is 0 Å². The second kappa shape index (κ2) is 13.4. The van der Waals surface area contributed by atoms with E-state index in [2.05, 4.69) is 34.6 Å². The highest BCUT2D eigenvalue weighted by molar-refractivity contribution is 4.97. The number of aliphatic hydroxyl groups excluding tert-OH is 1. The van der Waals surface area contributed by atoms with Gasteiger partial charge in [0.25, 0.3) is 0 Å². The van der Waals surface area contributed by atoms with Crippen molar-refractivity contribution in [2.45, 2.75) is 92.4 Å². The van der Waals surface area contributed by atoms with Crippen molar-refractivity contribution in [1.29, 1.82) is 0 Å². The standard InChI is InChI=1S/C20H40O/c1-17(2)9-6-10-18(3)11-7-12-19(4)13-8-14-20(5)15-16-21/h15,17-19,21H,6-14,16H2,1-5H3/t18-,19-/m0/s1. The minimum Gasteiger partial charge on any atom is -0.392 e. The molecule has 0 aliphatic rings. The largest absolute Gasteiger partial charge is 0.392 e. The zero-order valence-corrected chi connectivity index (χ0v) is 15.3. The Morgan fingerprint density at radius 1 is 0.810 bits per heavy atom. The number of hydrogen-bond acceptors (Lipinski definition) is 1. The molecule has 1 N–H and O–H groups in total. The lowest BCUT2D eigenvalue weighted by atomic mass is 9.91. The van der Waals surface area contributed by atoms with Crippen LogP contribution in [0.3, 0.4) is 0 Å². The third kappa shape index (κ3) is 14.4. The number of aliphatic hydroxyl groups is 1. The SMILES string of the molecule is CC(=CCO)CCC[C@@H](C)CCC[C@@H](C)CCCC(C)C. The Hall–Kier alpha value is -0.300. The van der Waals surface area contributed by atoms with Gasteiger partial charge in [-0.2, -0.15) is 0 Å². The third-order valence-corrected chi connectivity index (χ3v) is 4.58. The van der Waals surface area contributed by atoms with Crippen LogP contribution in [0.5, 0.6) is 0 Å². The van der Waals surface area contributed by atoms with E-state index < -0.39 is 0 Å². The smallest absolute Gasteiger partial charge is 0.0614 e. The van der Waals surface area contributed by atoms with Crippen molar-refractivity contribution in [3.05, 3.63) is 11.6 Å². The maximum absolute atomic E-state index is 8.83. The first-order valence-electron chi connectivity index (χ1n) is 9.22. The topological polar surface area (TPSA) is 20.2 Å². The average molecular weight is 297 g/mol. The van der Waals surface area contributed by atoms with E-state index in [1.165, 1.54) is 56.9 Å². The molecule has 1 nitrogen and oxygen atoms in total. The summed E-state index contributed by atoms with van der Waals surface area (Å²) in [6.45, 7) is 11.8. The van der Waals surface area contributed by atoms with Gasteiger partial charge < -0.3 is 5.11 Å². The Morgan fingerprint density at radius 2 is 1.29 bits per heavy atom. The normalized spacial score (nSPS) is 15.5. The molecule has 126 valence electrons. The van der Waals surface area contributed by atoms with Crippen molar-refractivity contribution in [2.75, 3.05) is 6.61 Å². The summed E-state index contributed by atoms with van der Waals surface area (Å²) in [4.78, 5) is 0. The fourth-order valence-corrected chi connectivity index (χ4v) is 2.97. The zero-order chi connectivity index (χ0) is 16.1. The van der Waals surface area contributed by atoms with Crippen LogP contribution in [0, 0.1) is 17.8 Å². The van der Waals surface area contributed by atoms with Gasteiger partial charge in [0.15, 0.2) is 0 Å². The Bertz CT molecular complexity index is 255. The second-order valence-corrected chi connectivity index (χ2v) is 7.59. The summed E-state index contributed by atoms with van der Waals surface area (Å²) in [7, 11) is 0. The molecule has 0 saturated carbocycles. The van der Waals surface area contributed by atoms with Gasteiger partial charge >= 0.3 is 0 Å². The molecule has 0 amide bonds. The van der Waals surface area contributed by atoms with Crippen LogP contribution in [0.15, 0.2) is 11.6 Å². The Labute approximate surface area is 134 Å². The van der Waals surface area contributed by atoms with Gasteiger partial charge in [-0.05, 0) is 37.5 Å². The van der Waals surface area contributed by atoms with Gasteiger partial charge in [0.1, 0.15) is 0 Å². The molecule has 0 aromatic heterocycles. The average Bonchev–Trinajstić information content (AvgIpc) is 2.38. The van der Waals surface area contributed by atoms with Gasteiger partial charge in [-0.1, -0.05) is 84.3 Å². The molecule has 2 atom stereocenters. The predicted octanol–water partition coefficient (Wildman–Crippen LogP) is 6.36. The van der Waals surface area contributed by atoms with Crippen LogP contribution in [-0.2, 0) is 0 Å². The first kappa shape index (κ1) is 20.7. The highest BCUT2D eigenvalue weighted by Gasteiger charge is 2.06. The zero-order valence-electron chi connectivity index (χ0n) is 15.3. The van der Waals surface area contributed by atoms with E-state index in [0.29, 0.717) is 0 Å². The third-order valence-electron chi connectivity index (χ3n) is 4.58. The quantitative estimate of drug-likeness (QED) is 0.392. The Balaban J connectivity index is 3.52. The molecule has 0 heterocycles. The molecule has 0 aromatic carbocycles. The highest BCUT2D eigenvalue weighted by atomic mass is 16.2. The molecule has 21 heavy (non-hydrogen) atoms. The van der Waals surface area contributed by atoms with Crippen LogP contribution in [0.4, 0.5) is 0 Å². The van der Waals surface area contributed by atoms with Gasteiger partial charge in [0.2, 0.25) is 0 Å². The molecule has 0 radical (unpaired) electrons. The van der Waals surface area contributed by atoms with Crippen molar-refractivity contribution < 1.29 is 5.11 Å². The molecule has 0 aliphatic heterocycles. The first-order valence-corrected chi connectivity index (χ1v) is 9.22. The fraction of sp³-hybridized carbons (Fsp3) is 0.900. The summed E-state index contributed by atoms with van der Waals surface area (Å²) in [5, 5.41) is 8.83. The van der Waals surface area contributed by atoms with Crippen LogP contribution in [0.1, 0.15) is 92.4 Å². The van der Waals surface area contributed by atoms with Crippen LogP contribution >= 0.6 is 0 Å². The van der Waals surface area contributed by atoms with Gasteiger partial charge in [-0.15, -0.1) is 0 Å². The van der Waals surface area contributed by atoms with E-state index >= 15 is 0 Å². The summed E-state index contributed by atoms with van der Waals surface area (Å²) in [6.07, 6.45) is 14.1. The van der Waals surface area contributed by atoms with E-state index in [4.69, 9.17) is 5.11 Å². The molecular formula is C20H40O. The van der Waals surface area contributed by atoms with Crippen LogP contribution in [0.25, 0.3) is 0 Å². The number of rotatable bonds is 13. The summed E-state index contributed by atoms with van der Waals surface area (Å²) in [5.41, 5.74) is 1.34. The summed E-state index contributed by atoms with van der Waals surface area (Å²) < 4.78 is 0. The lowest BCUT2D eigenvalue weighted by Crippen LogP contribution is -2.00. The van der Waals surface area contributed by atoms with E-state index in [1.807, 2.05) is 6.08 Å². The summed E-state index contributed by atoms with van der Waals surface area (Å²) >= 11 is 0. The minimum absolute atomic E-state index is 0.191. The van der Waals surface area contributed by atoms with Crippen LogP contribution < -0.4 is 0 Å². The molecule has 0 aromatic rings. The Morgan fingerprint density at radius 3 is 1.76 bits per heavy atom. The van der Waals surface area contributed by atoms with Crippen molar-refractivity contribution in [1.82, 2.24) is 0 Å². The number of allylic oxidation sites excluding steroid dienone is 1. The van der Waals surface area contributed by atoms with Gasteiger partial charge in [-0.25, -0.2) is 0 Å². The second-order valence-electron chi connectivity index (χ2n) is 7.59. The van der Waals surface area contributed by atoms with Crippen LogP contribution in [-0.4, -0.2) is 11.7 Å². The predicted molar refractivity (Wildman–Crippen MR) is 95.6 cm³/mol. The molecular weight excluding hydrogens is 256 g/mol. The monoisotopic (exact) mass is 296 g/mol. The molecule has 0 aliphatic carbocycles. The lowest BCUT2D eigenvalue weighted by Gasteiger charge is -2.15. The van der Waals surface area contributed by atoms with Gasteiger partial charge in [-0.3, -0.25) is 0 Å². The molecule has 0 saturated heterocycles. The molecule has 0 rings (SSSR count). The van der Waals surface area contributed by atoms with Crippen molar-refractivity contribution in [3.63, 3.8) is 0 Å². The van der Waals surface area contributed by atoms with E-state index in [-0.39, 0.29) is 6.61 Å². The van der Waals surface area contributed by atoms with E-state index in [9.17, 15) is 0 Å².